The van der Waals surface area contributed by atoms with Crippen LogP contribution in [0.5, 0.6) is 5.75 Å². The Hall–Kier alpha value is -2.84. The van der Waals surface area contributed by atoms with Crippen LogP contribution in [-0.2, 0) is 11.8 Å². The summed E-state index contributed by atoms with van der Waals surface area (Å²) in [6.07, 6.45) is 2.74. The maximum Gasteiger partial charge on any atom is 0.410 e. The number of nitrogens with zero attached hydrogens (tertiary/aromatic N) is 5. The summed E-state index contributed by atoms with van der Waals surface area (Å²) in [5, 5.41) is 5.15. The molecule has 4 heterocycles. The van der Waals surface area contributed by atoms with Crippen LogP contribution in [0, 0.1) is 6.92 Å². The number of carbonyl (C=O) groups is 2. The van der Waals surface area contributed by atoms with Crippen molar-refractivity contribution in [3.8, 4) is 5.75 Å². The van der Waals surface area contributed by atoms with Gasteiger partial charge in [0.2, 0.25) is 0 Å². The Bertz CT molecular complexity index is 975. The Morgan fingerprint density at radius 2 is 2.00 bits per heavy atom. The number of ether oxygens (including phenoxy) is 2. The average molecular weight is 401 g/mol. The van der Waals surface area contributed by atoms with Crippen molar-refractivity contribution in [3.63, 3.8) is 0 Å². The summed E-state index contributed by atoms with van der Waals surface area (Å²) in [6.45, 7) is 7.43. The van der Waals surface area contributed by atoms with Crippen LogP contribution in [0.1, 0.15) is 42.7 Å². The van der Waals surface area contributed by atoms with Crippen molar-refractivity contribution in [1.29, 1.82) is 0 Å². The Labute approximate surface area is 169 Å². The number of likely N-dealkylation sites (tertiary alicyclic amines) is 1. The van der Waals surface area contributed by atoms with Gasteiger partial charge in [-0.1, -0.05) is 0 Å². The fourth-order valence-electron chi connectivity index (χ4n) is 4.51. The Balaban J connectivity index is 1.55. The standard InChI is InChI=1S/C20H27N5O4/c1-12-15-16(28-5)14(10-21-17(15)23(4)22-12)18(26)24-8-6-13(7-9-24)25-19(27)29-11-20(25,2)3/h10,13H,6-9,11H2,1-5H3. The van der Waals surface area contributed by atoms with E-state index in [1.54, 1.807) is 18.0 Å². The number of fused-ring (bicyclic) bond motifs is 1. The van der Waals surface area contributed by atoms with Crippen molar-refractivity contribution in [2.45, 2.75) is 45.2 Å². The third-order valence-electron chi connectivity index (χ3n) is 5.93. The topological polar surface area (TPSA) is 89.8 Å². The summed E-state index contributed by atoms with van der Waals surface area (Å²) in [7, 11) is 3.38. The van der Waals surface area contributed by atoms with Crippen molar-refractivity contribution in [1.82, 2.24) is 24.6 Å². The zero-order valence-corrected chi connectivity index (χ0v) is 17.6. The molecule has 2 aliphatic rings. The minimum Gasteiger partial charge on any atom is -0.495 e. The molecule has 4 rings (SSSR count). The number of piperidine rings is 1. The quantitative estimate of drug-likeness (QED) is 0.783. The lowest BCUT2D eigenvalue weighted by Crippen LogP contribution is -2.53. The van der Waals surface area contributed by atoms with Gasteiger partial charge < -0.3 is 14.4 Å². The van der Waals surface area contributed by atoms with Crippen LogP contribution in [0.4, 0.5) is 4.79 Å². The minimum absolute atomic E-state index is 0.0760. The number of rotatable bonds is 3. The third-order valence-corrected chi connectivity index (χ3v) is 5.93. The molecule has 2 amide bonds. The van der Waals surface area contributed by atoms with Gasteiger partial charge in [-0.2, -0.15) is 5.10 Å². The second-order valence-electron chi connectivity index (χ2n) is 8.37. The highest BCUT2D eigenvalue weighted by Gasteiger charge is 2.45. The first kappa shape index (κ1) is 19.5. The zero-order valence-electron chi connectivity index (χ0n) is 17.6. The number of aryl methyl sites for hydroxylation is 2. The van der Waals surface area contributed by atoms with Gasteiger partial charge in [0.1, 0.15) is 17.9 Å². The van der Waals surface area contributed by atoms with Gasteiger partial charge >= 0.3 is 6.09 Å². The molecule has 9 heteroatoms. The molecule has 0 N–H and O–H groups in total. The summed E-state index contributed by atoms with van der Waals surface area (Å²) in [6, 6.07) is 0.0760. The first-order valence-corrected chi connectivity index (χ1v) is 9.86. The molecule has 2 aromatic heterocycles. The van der Waals surface area contributed by atoms with Gasteiger partial charge in [0.15, 0.2) is 5.65 Å². The molecule has 0 atom stereocenters. The molecule has 0 spiro atoms. The van der Waals surface area contributed by atoms with Gasteiger partial charge in [-0.05, 0) is 33.6 Å². The maximum atomic E-state index is 13.2. The van der Waals surface area contributed by atoms with Crippen LogP contribution >= 0.6 is 0 Å². The van der Waals surface area contributed by atoms with Crippen molar-refractivity contribution in [2.24, 2.45) is 7.05 Å². The van der Waals surface area contributed by atoms with Crippen LogP contribution in [0.3, 0.4) is 0 Å². The van der Waals surface area contributed by atoms with Gasteiger partial charge in [-0.3, -0.25) is 14.4 Å². The summed E-state index contributed by atoms with van der Waals surface area (Å²) in [4.78, 5) is 33.5. The third kappa shape index (κ3) is 3.08. The average Bonchev–Trinajstić information content (AvgIpc) is 3.14. The molecular formula is C20H27N5O4. The highest BCUT2D eigenvalue weighted by molar-refractivity contribution is 6.02. The van der Waals surface area contributed by atoms with Crippen LogP contribution in [-0.4, -0.2) is 75.0 Å². The van der Waals surface area contributed by atoms with Gasteiger partial charge in [0.05, 0.1) is 23.7 Å². The number of cyclic esters (lactones) is 1. The minimum atomic E-state index is -0.316. The van der Waals surface area contributed by atoms with E-state index >= 15 is 0 Å². The van der Waals surface area contributed by atoms with E-state index in [1.807, 2.05) is 37.6 Å². The highest BCUT2D eigenvalue weighted by atomic mass is 16.6. The van der Waals surface area contributed by atoms with E-state index in [1.165, 1.54) is 0 Å². The van der Waals surface area contributed by atoms with E-state index in [4.69, 9.17) is 9.47 Å². The summed E-state index contributed by atoms with van der Waals surface area (Å²) < 4.78 is 12.5. The number of carbonyl (C=O) groups excluding carboxylic acids is 2. The first-order chi connectivity index (χ1) is 13.7. The fraction of sp³-hybridized carbons (Fsp3) is 0.600. The van der Waals surface area contributed by atoms with Crippen molar-refractivity contribution >= 4 is 23.0 Å². The van der Waals surface area contributed by atoms with Crippen molar-refractivity contribution in [3.05, 3.63) is 17.5 Å². The predicted molar refractivity (Wildman–Crippen MR) is 106 cm³/mol. The van der Waals surface area contributed by atoms with Crippen molar-refractivity contribution in [2.75, 3.05) is 26.8 Å². The molecule has 0 radical (unpaired) electrons. The fourth-order valence-corrected chi connectivity index (χ4v) is 4.51. The number of pyridine rings is 1. The molecule has 2 aliphatic heterocycles. The zero-order chi connectivity index (χ0) is 20.9. The number of methoxy groups -OCH3 is 1. The lowest BCUT2D eigenvalue weighted by atomic mass is 9.96. The van der Waals surface area contributed by atoms with Gasteiger partial charge in [-0.25, -0.2) is 9.78 Å². The highest BCUT2D eigenvalue weighted by Crippen LogP contribution is 2.33. The molecule has 0 bridgehead atoms. The molecule has 0 unspecified atom stereocenters. The van der Waals surface area contributed by atoms with Gasteiger partial charge in [-0.15, -0.1) is 0 Å². The van der Waals surface area contributed by atoms with E-state index in [0.29, 0.717) is 49.5 Å². The van der Waals surface area contributed by atoms with E-state index < -0.39 is 0 Å². The first-order valence-electron chi connectivity index (χ1n) is 9.86. The number of hydrogen-bond donors (Lipinski definition) is 0. The number of aromatic nitrogens is 3. The van der Waals surface area contributed by atoms with Crippen LogP contribution in [0.15, 0.2) is 6.20 Å². The lowest BCUT2D eigenvalue weighted by molar-refractivity contribution is 0.0586. The summed E-state index contributed by atoms with van der Waals surface area (Å²) in [5.41, 5.74) is 1.58. The van der Waals surface area contributed by atoms with Crippen LogP contribution in [0.25, 0.3) is 11.0 Å². The Morgan fingerprint density at radius 3 is 2.59 bits per heavy atom. The van der Waals surface area contributed by atoms with E-state index in [0.717, 1.165) is 11.1 Å². The molecule has 2 saturated heterocycles. The maximum absolute atomic E-state index is 13.2. The van der Waals surface area contributed by atoms with E-state index in [-0.39, 0.29) is 23.6 Å². The predicted octanol–water partition coefficient (Wildman–Crippen LogP) is 2.12. The van der Waals surface area contributed by atoms with Gasteiger partial charge in [0, 0.05) is 32.4 Å². The lowest BCUT2D eigenvalue weighted by Gasteiger charge is -2.40. The second-order valence-corrected chi connectivity index (χ2v) is 8.37. The monoisotopic (exact) mass is 401 g/mol. The summed E-state index contributed by atoms with van der Waals surface area (Å²) in [5.74, 6) is 0.401. The molecule has 9 nitrogen and oxygen atoms in total. The molecule has 2 fully saturated rings. The van der Waals surface area contributed by atoms with Gasteiger partial charge in [0.25, 0.3) is 5.91 Å². The normalized spacial score (nSPS) is 19.7. The molecular weight excluding hydrogens is 374 g/mol. The SMILES string of the molecule is COc1c(C(=O)N2CCC(N3C(=O)OCC3(C)C)CC2)cnc2c1c(C)nn2C. The second kappa shape index (κ2) is 6.89. The Kier molecular flexibility index (Phi) is 4.63. The van der Waals surface area contributed by atoms with Crippen LogP contribution in [0.2, 0.25) is 0 Å². The Morgan fingerprint density at radius 1 is 1.31 bits per heavy atom. The van der Waals surface area contributed by atoms with E-state index in [2.05, 4.69) is 10.1 Å². The smallest absolute Gasteiger partial charge is 0.410 e. The molecule has 2 aromatic rings. The summed E-state index contributed by atoms with van der Waals surface area (Å²) >= 11 is 0. The number of hydrogen-bond acceptors (Lipinski definition) is 6. The van der Waals surface area contributed by atoms with Crippen molar-refractivity contribution < 1.29 is 19.1 Å². The molecule has 29 heavy (non-hydrogen) atoms. The molecule has 0 aromatic carbocycles. The number of amides is 2. The van der Waals surface area contributed by atoms with Crippen LogP contribution < -0.4 is 4.74 Å². The molecule has 156 valence electrons. The van der Waals surface area contributed by atoms with E-state index in [9.17, 15) is 9.59 Å². The molecule has 0 aliphatic carbocycles. The largest absolute Gasteiger partial charge is 0.495 e. The molecule has 0 saturated carbocycles.